The maximum absolute atomic E-state index is 9.37. The van der Waals surface area contributed by atoms with Crippen molar-refractivity contribution in [3.05, 3.63) is 53.7 Å². The molecule has 0 unspecified atom stereocenters. The van der Waals surface area contributed by atoms with E-state index in [9.17, 15) is 10.5 Å². The Balaban J connectivity index is 2.59. The van der Waals surface area contributed by atoms with Gasteiger partial charge in [-0.05, 0) is 24.6 Å². The standard InChI is InChI=1S/C17H14N4O/c1-3-8-22-13-6-4-12(5-7-13)16-14(9-18)11(2)21-17(20)15(16)10-19/h3-7H,1,8H2,2H3,(H2,20,21). The molecule has 0 radical (unpaired) electrons. The SMILES string of the molecule is C=CCOc1ccc(-c2c(C#N)c(C)nc(N)c2C#N)cc1. The minimum Gasteiger partial charge on any atom is -0.490 e. The van der Waals surface area contributed by atoms with Gasteiger partial charge in [0.05, 0.1) is 11.3 Å². The van der Waals surface area contributed by atoms with E-state index in [1.807, 2.05) is 6.07 Å². The van der Waals surface area contributed by atoms with Gasteiger partial charge in [0.2, 0.25) is 0 Å². The van der Waals surface area contributed by atoms with Crippen molar-refractivity contribution in [1.82, 2.24) is 4.98 Å². The summed E-state index contributed by atoms with van der Waals surface area (Å²) in [5.74, 6) is 0.806. The number of nitrogens with zero attached hydrogens (tertiary/aromatic N) is 3. The first-order chi connectivity index (χ1) is 10.6. The van der Waals surface area contributed by atoms with Crippen LogP contribution in [0.5, 0.6) is 5.75 Å². The Morgan fingerprint density at radius 1 is 1.23 bits per heavy atom. The molecular weight excluding hydrogens is 276 g/mol. The largest absolute Gasteiger partial charge is 0.490 e. The molecule has 22 heavy (non-hydrogen) atoms. The van der Waals surface area contributed by atoms with E-state index in [4.69, 9.17) is 10.5 Å². The zero-order chi connectivity index (χ0) is 16.1. The van der Waals surface area contributed by atoms with Gasteiger partial charge < -0.3 is 10.5 Å². The third-order valence-electron chi connectivity index (χ3n) is 3.14. The Hall–Kier alpha value is -3.31. The van der Waals surface area contributed by atoms with Crippen molar-refractivity contribution < 1.29 is 4.74 Å². The molecule has 0 bridgehead atoms. The molecule has 0 aliphatic carbocycles. The van der Waals surface area contributed by atoms with E-state index in [0.29, 0.717) is 29.2 Å². The molecule has 0 aliphatic rings. The number of aromatic nitrogens is 1. The highest BCUT2D eigenvalue weighted by Crippen LogP contribution is 2.32. The highest BCUT2D eigenvalue weighted by molar-refractivity contribution is 5.81. The summed E-state index contributed by atoms with van der Waals surface area (Å²) in [5, 5.41) is 18.7. The average Bonchev–Trinajstić information content (AvgIpc) is 2.53. The number of pyridine rings is 1. The van der Waals surface area contributed by atoms with Crippen LogP contribution in [-0.2, 0) is 0 Å². The molecule has 1 aromatic carbocycles. The van der Waals surface area contributed by atoms with E-state index in [2.05, 4.69) is 17.6 Å². The lowest BCUT2D eigenvalue weighted by molar-refractivity contribution is 0.363. The van der Waals surface area contributed by atoms with Crippen molar-refractivity contribution >= 4 is 5.82 Å². The van der Waals surface area contributed by atoms with Crippen LogP contribution in [0.2, 0.25) is 0 Å². The molecule has 108 valence electrons. The summed E-state index contributed by atoms with van der Waals surface area (Å²) in [5.41, 5.74) is 8.10. The molecule has 2 N–H and O–H groups in total. The number of ether oxygens (including phenoxy) is 1. The molecule has 5 heteroatoms. The molecular formula is C17H14N4O. The first-order valence-electron chi connectivity index (χ1n) is 6.56. The van der Waals surface area contributed by atoms with Crippen LogP contribution in [0.1, 0.15) is 16.8 Å². The lowest BCUT2D eigenvalue weighted by Gasteiger charge is -2.11. The zero-order valence-corrected chi connectivity index (χ0v) is 12.1. The minimum absolute atomic E-state index is 0.126. The molecule has 0 aliphatic heterocycles. The second-order valence-corrected chi connectivity index (χ2v) is 4.56. The van der Waals surface area contributed by atoms with Gasteiger partial charge in [0.15, 0.2) is 0 Å². The van der Waals surface area contributed by atoms with Crippen LogP contribution in [-0.4, -0.2) is 11.6 Å². The van der Waals surface area contributed by atoms with E-state index in [1.165, 1.54) is 0 Å². The summed E-state index contributed by atoms with van der Waals surface area (Å²) in [6.07, 6.45) is 1.66. The Morgan fingerprint density at radius 3 is 2.41 bits per heavy atom. The van der Waals surface area contributed by atoms with Crippen molar-refractivity contribution in [2.45, 2.75) is 6.92 Å². The molecule has 0 spiro atoms. The third-order valence-corrected chi connectivity index (χ3v) is 3.14. The Bertz CT molecular complexity index is 757. The van der Waals surface area contributed by atoms with Gasteiger partial charge in [-0.25, -0.2) is 4.98 Å². The molecule has 0 fully saturated rings. The summed E-state index contributed by atoms with van der Waals surface area (Å²) >= 11 is 0. The van der Waals surface area contributed by atoms with E-state index in [-0.39, 0.29) is 11.4 Å². The quantitative estimate of drug-likeness (QED) is 0.873. The Labute approximate surface area is 128 Å². The van der Waals surface area contributed by atoms with Crippen molar-refractivity contribution in [3.63, 3.8) is 0 Å². The number of hydrogen-bond donors (Lipinski definition) is 1. The maximum atomic E-state index is 9.37. The molecule has 2 aromatic rings. The molecule has 1 aromatic heterocycles. The highest BCUT2D eigenvalue weighted by Gasteiger charge is 2.17. The fourth-order valence-corrected chi connectivity index (χ4v) is 2.14. The van der Waals surface area contributed by atoms with Crippen LogP contribution < -0.4 is 10.5 Å². The van der Waals surface area contributed by atoms with Crippen molar-refractivity contribution in [1.29, 1.82) is 10.5 Å². The topological polar surface area (TPSA) is 95.7 Å². The lowest BCUT2D eigenvalue weighted by atomic mass is 9.95. The van der Waals surface area contributed by atoms with Gasteiger partial charge in [0, 0.05) is 5.56 Å². The van der Waals surface area contributed by atoms with Gasteiger partial charge in [-0.2, -0.15) is 10.5 Å². The van der Waals surface area contributed by atoms with Crippen LogP contribution in [0.4, 0.5) is 5.82 Å². The molecule has 5 nitrogen and oxygen atoms in total. The third kappa shape index (κ3) is 2.74. The van der Waals surface area contributed by atoms with Gasteiger partial charge in [-0.15, -0.1) is 0 Å². The van der Waals surface area contributed by atoms with Crippen LogP contribution in [0.25, 0.3) is 11.1 Å². The van der Waals surface area contributed by atoms with Crippen LogP contribution in [0.3, 0.4) is 0 Å². The first kappa shape index (κ1) is 15.1. The summed E-state index contributed by atoms with van der Waals surface area (Å²) in [6.45, 7) is 5.69. The zero-order valence-electron chi connectivity index (χ0n) is 12.1. The van der Waals surface area contributed by atoms with Crippen LogP contribution in [0.15, 0.2) is 36.9 Å². The van der Waals surface area contributed by atoms with Gasteiger partial charge in [-0.3, -0.25) is 0 Å². The second kappa shape index (κ2) is 6.43. The number of nitrogens with two attached hydrogens (primary N) is 1. The number of anilines is 1. The molecule has 0 amide bonds. The monoisotopic (exact) mass is 290 g/mol. The van der Waals surface area contributed by atoms with E-state index in [0.717, 1.165) is 5.56 Å². The van der Waals surface area contributed by atoms with Crippen molar-refractivity contribution in [3.8, 4) is 29.0 Å². The van der Waals surface area contributed by atoms with Gasteiger partial charge in [0.1, 0.15) is 35.9 Å². The maximum Gasteiger partial charge on any atom is 0.142 e. The predicted octanol–water partition coefficient (Wildman–Crippen LogP) is 2.95. The predicted molar refractivity (Wildman–Crippen MR) is 83.9 cm³/mol. The van der Waals surface area contributed by atoms with Crippen molar-refractivity contribution in [2.75, 3.05) is 12.3 Å². The number of nitrogen functional groups attached to an aromatic ring is 1. The summed E-state index contributed by atoms with van der Waals surface area (Å²) < 4.78 is 5.42. The van der Waals surface area contributed by atoms with Crippen LogP contribution in [0, 0.1) is 29.6 Å². The fourth-order valence-electron chi connectivity index (χ4n) is 2.14. The lowest BCUT2D eigenvalue weighted by Crippen LogP contribution is -2.03. The Morgan fingerprint density at radius 2 is 1.86 bits per heavy atom. The summed E-state index contributed by atoms with van der Waals surface area (Å²) in [6, 6.07) is 11.2. The number of benzene rings is 1. The fraction of sp³-hybridized carbons (Fsp3) is 0.118. The van der Waals surface area contributed by atoms with E-state index < -0.39 is 0 Å². The normalized spacial score (nSPS) is 9.59. The Kier molecular flexibility index (Phi) is 4.41. The number of rotatable bonds is 4. The second-order valence-electron chi connectivity index (χ2n) is 4.56. The molecule has 0 saturated carbocycles. The van der Waals surface area contributed by atoms with Gasteiger partial charge in [0.25, 0.3) is 0 Å². The summed E-state index contributed by atoms with van der Waals surface area (Å²) in [7, 11) is 0. The average molecular weight is 290 g/mol. The molecule has 1 heterocycles. The van der Waals surface area contributed by atoms with Gasteiger partial charge in [-0.1, -0.05) is 24.8 Å². The number of hydrogen-bond acceptors (Lipinski definition) is 5. The number of nitriles is 2. The van der Waals surface area contributed by atoms with E-state index in [1.54, 1.807) is 37.3 Å². The van der Waals surface area contributed by atoms with Gasteiger partial charge >= 0.3 is 0 Å². The first-order valence-corrected chi connectivity index (χ1v) is 6.56. The number of aryl methyl sites for hydroxylation is 1. The highest BCUT2D eigenvalue weighted by atomic mass is 16.5. The molecule has 0 atom stereocenters. The smallest absolute Gasteiger partial charge is 0.142 e. The molecule has 0 saturated heterocycles. The molecule has 2 rings (SSSR count). The minimum atomic E-state index is 0.126. The summed E-state index contributed by atoms with van der Waals surface area (Å²) in [4.78, 5) is 4.06. The van der Waals surface area contributed by atoms with E-state index >= 15 is 0 Å². The van der Waals surface area contributed by atoms with Crippen molar-refractivity contribution in [2.24, 2.45) is 0 Å². The van der Waals surface area contributed by atoms with Crippen LogP contribution >= 0.6 is 0 Å².